The van der Waals surface area contributed by atoms with Gasteiger partial charge in [-0.2, -0.15) is 5.90 Å². The summed E-state index contributed by atoms with van der Waals surface area (Å²) < 4.78 is 0. The number of halogens is 1. The number of rotatable bonds is 1. The first-order valence-corrected chi connectivity index (χ1v) is 1.41. The van der Waals surface area contributed by atoms with E-state index in [1.54, 1.807) is 0 Å². The molecule has 0 fully saturated rings. The van der Waals surface area contributed by atoms with Crippen molar-refractivity contribution in [3.8, 4) is 0 Å². The van der Waals surface area contributed by atoms with Gasteiger partial charge in [-0.05, 0) is 0 Å². The van der Waals surface area contributed by atoms with Crippen LogP contribution in [0.3, 0.4) is 0 Å². The molecule has 0 spiro atoms. The second-order valence-electron chi connectivity index (χ2n) is 0.694. The van der Waals surface area contributed by atoms with E-state index in [2.05, 4.69) is 10.7 Å². The topological polar surface area (TPSA) is 78.3 Å². The second-order valence-corrected chi connectivity index (χ2v) is 0.694. The van der Waals surface area contributed by atoms with E-state index in [4.69, 9.17) is 5.73 Å². The van der Waals surface area contributed by atoms with Crippen molar-refractivity contribution in [2.24, 2.45) is 11.6 Å². The molecule has 0 aromatic rings. The molecule has 0 aliphatic carbocycles. The molecule has 0 atom stereocenters. The molecule has 0 saturated carbocycles. The summed E-state index contributed by atoms with van der Waals surface area (Å²) in [5.74, 6) is 3.75. The molecule has 4 N–H and O–H groups in total. The third-order valence-electron chi connectivity index (χ3n) is 0.298. The molecule has 0 aliphatic rings. The Morgan fingerprint density at radius 2 is 2.14 bits per heavy atom. The van der Waals surface area contributed by atoms with Crippen molar-refractivity contribution in [2.75, 3.05) is 6.54 Å². The van der Waals surface area contributed by atoms with Crippen molar-refractivity contribution in [2.45, 2.75) is 0 Å². The third kappa shape index (κ3) is 5.32. The van der Waals surface area contributed by atoms with Gasteiger partial charge >= 0.3 is 5.97 Å². The number of hydrogen-bond donors (Lipinski definition) is 2. The van der Waals surface area contributed by atoms with E-state index in [-0.39, 0.29) is 11.2 Å². The van der Waals surface area contributed by atoms with Gasteiger partial charge in [-0.25, -0.2) is 4.79 Å². The van der Waals surface area contributed by atoms with Crippen molar-refractivity contribution >= 4 is 5.97 Å². The lowest BCUT2D eigenvalue weighted by molar-refractivity contribution is -0.142. The average Bonchev–Trinajstić information content (AvgIpc) is 1.65. The number of nitrogens with two attached hydrogens (primary N) is 2. The highest BCUT2D eigenvalue weighted by molar-refractivity contribution is 5.70. The van der Waals surface area contributed by atoms with Gasteiger partial charge in [-0.3, -0.25) is 4.70 Å². The molecule has 0 unspecified atom stereocenters. The third-order valence-corrected chi connectivity index (χ3v) is 0.298. The maximum atomic E-state index is 9.71. The van der Waals surface area contributed by atoms with Crippen LogP contribution in [0.4, 0.5) is 4.70 Å². The Bertz CT molecular complexity index is 51.7. The van der Waals surface area contributed by atoms with Crippen molar-refractivity contribution in [3.63, 3.8) is 0 Å². The minimum absolute atomic E-state index is 0. The molecule has 5 heteroatoms. The van der Waals surface area contributed by atoms with E-state index >= 15 is 0 Å². The quantitative estimate of drug-likeness (QED) is 0.403. The number of hydrogen-bond acceptors (Lipinski definition) is 4. The maximum Gasteiger partial charge on any atom is 0.338 e. The van der Waals surface area contributed by atoms with Gasteiger partial charge < -0.3 is 10.6 Å². The van der Waals surface area contributed by atoms with Gasteiger partial charge in [0.25, 0.3) is 0 Å². The van der Waals surface area contributed by atoms with Crippen LogP contribution >= 0.6 is 0 Å². The molecule has 0 saturated heterocycles. The molecule has 0 bridgehead atoms. The molecule has 0 radical (unpaired) electrons. The van der Waals surface area contributed by atoms with Crippen LogP contribution in [-0.2, 0) is 9.63 Å². The number of carbonyl (C=O) groups excluding carboxylic acids is 1. The molecular weight excluding hydrogens is 103 g/mol. The van der Waals surface area contributed by atoms with Crippen LogP contribution in [0, 0.1) is 0 Å². The first-order chi connectivity index (χ1) is 2.81. The highest BCUT2D eigenvalue weighted by Gasteiger charge is 1.89. The Balaban J connectivity index is 0. The smallest absolute Gasteiger partial charge is 0.338 e. The summed E-state index contributed by atoms with van der Waals surface area (Å²) in [6.45, 7) is -0.156. The normalized spacial score (nSPS) is 6.57. The van der Waals surface area contributed by atoms with Gasteiger partial charge in [0, 0.05) is 0 Å². The highest BCUT2D eigenvalue weighted by atomic mass is 19.0. The minimum atomic E-state index is -0.602. The first-order valence-electron chi connectivity index (χ1n) is 1.41. The van der Waals surface area contributed by atoms with Gasteiger partial charge in [0.15, 0.2) is 0 Å². The molecule has 0 amide bonds. The summed E-state index contributed by atoms with van der Waals surface area (Å²) in [4.78, 5) is 13.3. The monoisotopic (exact) mass is 110 g/mol. The lowest BCUT2D eigenvalue weighted by Gasteiger charge is -1.86. The summed E-state index contributed by atoms with van der Waals surface area (Å²) >= 11 is 0. The van der Waals surface area contributed by atoms with E-state index in [9.17, 15) is 4.79 Å². The molecule has 7 heavy (non-hydrogen) atoms. The van der Waals surface area contributed by atoms with Crippen LogP contribution in [0.2, 0.25) is 0 Å². The zero-order chi connectivity index (χ0) is 4.99. The molecule has 44 valence electrons. The largest absolute Gasteiger partial charge is 0.372 e. The predicted molar refractivity (Wildman–Crippen MR) is 21.8 cm³/mol. The zero-order valence-corrected chi connectivity index (χ0v) is 3.59. The molecule has 4 nitrogen and oxygen atoms in total. The lowest BCUT2D eigenvalue weighted by atomic mass is 10.7. The van der Waals surface area contributed by atoms with Crippen LogP contribution in [0.1, 0.15) is 0 Å². The first kappa shape index (κ1) is 9.58. The zero-order valence-electron chi connectivity index (χ0n) is 3.59. The van der Waals surface area contributed by atoms with Crippen LogP contribution in [-0.4, -0.2) is 12.5 Å². The Kier molecular flexibility index (Phi) is 7.28. The molecule has 0 aromatic carbocycles. The fourth-order valence-electron chi connectivity index (χ4n) is 0.0481. The van der Waals surface area contributed by atoms with Gasteiger partial charge in [-0.15, -0.1) is 0 Å². The van der Waals surface area contributed by atoms with E-state index in [0.29, 0.717) is 0 Å². The van der Waals surface area contributed by atoms with Crippen LogP contribution in [0.15, 0.2) is 0 Å². The van der Waals surface area contributed by atoms with E-state index in [1.807, 2.05) is 0 Å². The SMILES string of the molecule is F.NCC(=O)ON. The standard InChI is InChI=1S/C2H6N2O2.FH/c3-1-2(5)6-4;/h1,3-4H2;1H. The Labute approximate surface area is 39.7 Å². The Morgan fingerprint density at radius 3 is 2.14 bits per heavy atom. The molecule has 0 rings (SSSR count). The van der Waals surface area contributed by atoms with Crippen LogP contribution < -0.4 is 11.6 Å². The molecular formula is C2H7FN2O2. The van der Waals surface area contributed by atoms with Crippen LogP contribution in [0.5, 0.6) is 0 Å². The fraction of sp³-hybridized carbons (Fsp3) is 0.500. The molecule has 0 heterocycles. The van der Waals surface area contributed by atoms with Crippen molar-refractivity contribution in [1.29, 1.82) is 0 Å². The predicted octanol–water partition coefficient (Wildman–Crippen LogP) is -1.49. The van der Waals surface area contributed by atoms with Gasteiger partial charge in [0.1, 0.15) is 0 Å². The minimum Gasteiger partial charge on any atom is -0.372 e. The summed E-state index contributed by atoms with van der Waals surface area (Å²) in [5.41, 5.74) is 4.73. The number of carbonyl (C=O) groups is 1. The molecule has 0 aliphatic heterocycles. The average molecular weight is 110 g/mol. The highest BCUT2D eigenvalue weighted by Crippen LogP contribution is 1.56. The van der Waals surface area contributed by atoms with Gasteiger partial charge in [-0.1, -0.05) is 0 Å². The Morgan fingerprint density at radius 1 is 1.71 bits per heavy atom. The van der Waals surface area contributed by atoms with Crippen molar-refractivity contribution < 1.29 is 14.3 Å². The van der Waals surface area contributed by atoms with Gasteiger partial charge in [0.2, 0.25) is 0 Å². The summed E-state index contributed by atoms with van der Waals surface area (Å²) in [7, 11) is 0. The van der Waals surface area contributed by atoms with Crippen molar-refractivity contribution in [1.82, 2.24) is 0 Å². The Hall–Kier alpha value is -0.680. The van der Waals surface area contributed by atoms with Crippen molar-refractivity contribution in [3.05, 3.63) is 0 Å². The fourth-order valence-corrected chi connectivity index (χ4v) is 0.0481. The van der Waals surface area contributed by atoms with E-state index in [1.165, 1.54) is 0 Å². The summed E-state index contributed by atoms with van der Waals surface area (Å²) in [6, 6.07) is 0. The van der Waals surface area contributed by atoms with E-state index < -0.39 is 5.97 Å². The summed E-state index contributed by atoms with van der Waals surface area (Å²) in [6.07, 6.45) is 0. The van der Waals surface area contributed by atoms with Gasteiger partial charge in [0.05, 0.1) is 6.54 Å². The lowest BCUT2D eigenvalue weighted by Crippen LogP contribution is -2.19. The molecule has 0 aromatic heterocycles. The maximum absolute atomic E-state index is 9.71. The van der Waals surface area contributed by atoms with E-state index in [0.717, 1.165) is 0 Å². The summed E-state index contributed by atoms with van der Waals surface area (Å²) in [5, 5.41) is 0. The van der Waals surface area contributed by atoms with Crippen LogP contribution in [0.25, 0.3) is 0 Å². The second kappa shape index (κ2) is 5.32.